The predicted octanol–water partition coefficient (Wildman–Crippen LogP) is 1.99. The number of rotatable bonds is 7. The van der Waals surface area contributed by atoms with Gasteiger partial charge in [-0.15, -0.1) is 0 Å². The van der Waals surface area contributed by atoms with Gasteiger partial charge in [0, 0.05) is 6.54 Å². The lowest BCUT2D eigenvalue weighted by Gasteiger charge is -2.26. The first-order valence-electron chi connectivity index (χ1n) is 8.32. The molecule has 2 rings (SSSR count). The number of nitriles is 1. The molecule has 0 saturated carbocycles. The second-order valence-corrected chi connectivity index (χ2v) is 5.73. The van der Waals surface area contributed by atoms with Crippen LogP contribution in [-0.4, -0.2) is 37.1 Å². The quantitative estimate of drug-likeness (QED) is 0.263. The fourth-order valence-electron chi connectivity index (χ4n) is 2.64. The molecule has 0 bridgehead atoms. The highest BCUT2D eigenvalue weighted by atomic mass is 16.5. The highest BCUT2D eigenvalue weighted by molar-refractivity contribution is 5.79. The Morgan fingerprint density at radius 3 is 2.96 bits per heavy atom. The summed E-state index contributed by atoms with van der Waals surface area (Å²) in [7, 11) is 0. The minimum absolute atomic E-state index is 0.119. The van der Waals surface area contributed by atoms with Crippen LogP contribution in [0.2, 0.25) is 0 Å². The SMILES string of the molecule is N#CNC(N)=NCC=CCOc1cccc(CN2CCCCC2)c1. The molecule has 0 spiro atoms. The Morgan fingerprint density at radius 1 is 1.33 bits per heavy atom. The molecule has 24 heavy (non-hydrogen) atoms. The monoisotopic (exact) mass is 327 g/mol. The molecule has 0 amide bonds. The zero-order valence-electron chi connectivity index (χ0n) is 13.9. The van der Waals surface area contributed by atoms with Crippen molar-refractivity contribution in [2.45, 2.75) is 25.8 Å². The van der Waals surface area contributed by atoms with Crippen molar-refractivity contribution in [3.63, 3.8) is 0 Å². The van der Waals surface area contributed by atoms with Crippen molar-refractivity contribution in [3.05, 3.63) is 42.0 Å². The molecule has 0 aliphatic carbocycles. The number of hydrogen-bond donors (Lipinski definition) is 2. The molecular weight excluding hydrogens is 302 g/mol. The van der Waals surface area contributed by atoms with Gasteiger partial charge in [-0.25, -0.2) is 4.99 Å². The highest BCUT2D eigenvalue weighted by Gasteiger charge is 2.10. The summed E-state index contributed by atoms with van der Waals surface area (Å²) in [6.07, 6.45) is 9.42. The first kappa shape index (κ1) is 17.8. The molecule has 1 fully saturated rings. The maximum absolute atomic E-state index is 8.37. The molecule has 1 aliphatic rings. The number of nitrogens with one attached hydrogen (secondary N) is 1. The van der Waals surface area contributed by atoms with E-state index in [2.05, 4.69) is 27.3 Å². The van der Waals surface area contributed by atoms with Gasteiger partial charge in [0.05, 0.1) is 6.54 Å². The standard InChI is InChI=1S/C18H25N5O/c19-15-22-18(20)21-9-2-5-12-24-17-8-6-7-16(13-17)14-23-10-3-1-4-11-23/h2,5-8,13H,1,3-4,9-12,14H2,(H3,20,21,22). The molecule has 1 saturated heterocycles. The van der Waals surface area contributed by atoms with Crippen LogP contribution in [0.25, 0.3) is 0 Å². The Labute approximate surface area is 143 Å². The zero-order valence-corrected chi connectivity index (χ0v) is 13.9. The second-order valence-electron chi connectivity index (χ2n) is 5.73. The van der Waals surface area contributed by atoms with E-state index < -0.39 is 0 Å². The van der Waals surface area contributed by atoms with Crippen LogP contribution in [0, 0.1) is 11.5 Å². The number of piperidine rings is 1. The summed E-state index contributed by atoms with van der Waals surface area (Å²) >= 11 is 0. The molecule has 1 aromatic rings. The van der Waals surface area contributed by atoms with Crippen LogP contribution in [0.15, 0.2) is 41.4 Å². The van der Waals surface area contributed by atoms with Crippen LogP contribution in [0.5, 0.6) is 5.75 Å². The van der Waals surface area contributed by atoms with Gasteiger partial charge < -0.3 is 10.5 Å². The number of nitrogens with zero attached hydrogens (tertiary/aromatic N) is 3. The fraction of sp³-hybridized carbons (Fsp3) is 0.444. The Bertz CT molecular complexity index is 600. The van der Waals surface area contributed by atoms with Gasteiger partial charge in [-0.2, -0.15) is 5.26 Å². The van der Waals surface area contributed by atoms with Gasteiger partial charge in [0.25, 0.3) is 0 Å². The van der Waals surface area contributed by atoms with Gasteiger partial charge in [0.2, 0.25) is 5.96 Å². The van der Waals surface area contributed by atoms with Gasteiger partial charge in [-0.1, -0.05) is 24.6 Å². The molecule has 6 nitrogen and oxygen atoms in total. The van der Waals surface area contributed by atoms with E-state index in [0.29, 0.717) is 13.2 Å². The van der Waals surface area contributed by atoms with Gasteiger partial charge >= 0.3 is 0 Å². The van der Waals surface area contributed by atoms with Crippen LogP contribution < -0.4 is 15.8 Å². The van der Waals surface area contributed by atoms with Crippen molar-refractivity contribution in [1.29, 1.82) is 5.26 Å². The first-order valence-corrected chi connectivity index (χ1v) is 8.32. The van der Waals surface area contributed by atoms with Gasteiger partial charge in [-0.05, 0) is 49.7 Å². The smallest absolute Gasteiger partial charge is 0.202 e. The van der Waals surface area contributed by atoms with Crippen LogP contribution >= 0.6 is 0 Å². The van der Waals surface area contributed by atoms with E-state index in [0.717, 1.165) is 12.3 Å². The Balaban J connectivity index is 1.73. The number of likely N-dealkylation sites (tertiary alicyclic amines) is 1. The van der Waals surface area contributed by atoms with Gasteiger partial charge in [-0.3, -0.25) is 10.2 Å². The first-order chi connectivity index (χ1) is 11.8. The Hall–Kier alpha value is -2.52. The minimum Gasteiger partial charge on any atom is -0.490 e. The minimum atomic E-state index is 0.119. The molecule has 3 N–H and O–H groups in total. The number of guanidine groups is 1. The summed E-state index contributed by atoms with van der Waals surface area (Å²) < 4.78 is 5.74. The third kappa shape index (κ3) is 6.71. The average Bonchev–Trinajstić information content (AvgIpc) is 2.59. The molecule has 128 valence electrons. The number of hydrogen-bond acceptors (Lipinski definition) is 4. The van der Waals surface area contributed by atoms with Crippen LogP contribution in [0.3, 0.4) is 0 Å². The molecule has 6 heteroatoms. The van der Waals surface area contributed by atoms with Crippen molar-refractivity contribution < 1.29 is 4.74 Å². The predicted molar refractivity (Wildman–Crippen MR) is 95.4 cm³/mol. The number of ether oxygens (including phenoxy) is 1. The lowest BCUT2D eigenvalue weighted by Crippen LogP contribution is -2.29. The van der Waals surface area contributed by atoms with Crippen molar-refractivity contribution in [1.82, 2.24) is 10.2 Å². The summed E-state index contributed by atoms with van der Waals surface area (Å²) in [5, 5.41) is 10.6. The van der Waals surface area contributed by atoms with Crippen LogP contribution in [0.1, 0.15) is 24.8 Å². The molecule has 0 unspecified atom stereocenters. The summed E-state index contributed by atoms with van der Waals surface area (Å²) in [5.74, 6) is 0.997. The van der Waals surface area contributed by atoms with Crippen molar-refractivity contribution >= 4 is 5.96 Å². The lowest BCUT2D eigenvalue weighted by atomic mass is 10.1. The third-order valence-electron chi connectivity index (χ3n) is 3.82. The van der Waals surface area contributed by atoms with Crippen LogP contribution in [-0.2, 0) is 6.54 Å². The zero-order chi connectivity index (χ0) is 17.0. The molecule has 1 aromatic carbocycles. The van der Waals surface area contributed by atoms with E-state index in [1.807, 2.05) is 24.3 Å². The van der Waals surface area contributed by atoms with Gasteiger partial charge in [0.1, 0.15) is 12.4 Å². The van der Waals surface area contributed by atoms with Gasteiger partial charge in [0.15, 0.2) is 6.19 Å². The topological polar surface area (TPSA) is 86.7 Å². The third-order valence-corrected chi connectivity index (χ3v) is 3.82. The summed E-state index contributed by atoms with van der Waals surface area (Å²) in [6, 6.07) is 8.27. The normalized spacial score (nSPS) is 16.0. The number of aliphatic imine (C=N–C) groups is 1. The summed E-state index contributed by atoms with van der Waals surface area (Å²) in [5.41, 5.74) is 6.72. The lowest BCUT2D eigenvalue weighted by molar-refractivity contribution is 0.220. The molecule has 0 radical (unpaired) electrons. The second kappa shape index (κ2) is 10.3. The van der Waals surface area contributed by atoms with Crippen molar-refractivity contribution in [2.24, 2.45) is 10.7 Å². The molecule has 0 atom stereocenters. The van der Waals surface area contributed by atoms with E-state index in [1.165, 1.54) is 37.9 Å². The van der Waals surface area contributed by atoms with E-state index in [1.54, 1.807) is 6.19 Å². The van der Waals surface area contributed by atoms with E-state index in [-0.39, 0.29) is 5.96 Å². The Kier molecular flexibility index (Phi) is 7.64. The maximum Gasteiger partial charge on any atom is 0.202 e. The van der Waals surface area contributed by atoms with Crippen LogP contribution in [0.4, 0.5) is 0 Å². The summed E-state index contributed by atoms with van der Waals surface area (Å²) in [4.78, 5) is 6.45. The van der Waals surface area contributed by atoms with E-state index >= 15 is 0 Å². The van der Waals surface area contributed by atoms with Crippen molar-refractivity contribution in [2.75, 3.05) is 26.2 Å². The van der Waals surface area contributed by atoms with Crippen molar-refractivity contribution in [3.8, 4) is 11.9 Å². The highest BCUT2D eigenvalue weighted by Crippen LogP contribution is 2.17. The Morgan fingerprint density at radius 2 is 2.17 bits per heavy atom. The fourth-order valence-corrected chi connectivity index (χ4v) is 2.64. The molecule has 1 aliphatic heterocycles. The van der Waals surface area contributed by atoms with E-state index in [9.17, 15) is 0 Å². The average molecular weight is 327 g/mol. The summed E-state index contributed by atoms with van der Waals surface area (Å²) in [6.45, 7) is 4.27. The maximum atomic E-state index is 8.37. The largest absolute Gasteiger partial charge is 0.490 e. The number of benzene rings is 1. The molecular formula is C18H25N5O. The number of nitrogens with two attached hydrogens (primary N) is 1. The molecule has 0 aromatic heterocycles. The molecule has 1 heterocycles. The van der Waals surface area contributed by atoms with E-state index in [4.69, 9.17) is 15.7 Å².